The summed E-state index contributed by atoms with van der Waals surface area (Å²) in [6.45, 7) is 0.969. The van der Waals surface area contributed by atoms with Gasteiger partial charge in [-0.1, -0.05) is 12.1 Å². The third-order valence-corrected chi connectivity index (χ3v) is 6.61. The van der Waals surface area contributed by atoms with Crippen LogP contribution in [0.1, 0.15) is 13.3 Å². The molecule has 2 amide bonds. The molecule has 1 aliphatic rings. The summed E-state index contributed by atoms with van der Waals surface area (Å²) in [5.41, 5.74) is 0.294. The van der Waals surface area contributed by atoms with Crippen molar-refractivity contribution in [2.45, 2.75) is 29.9 Å². The maximum Gasteiger partial charge on any atom is 0.573 e. The van der Waals surface area contributed by atoms with E-state index in [-0.39, 0.29) is 22.7 Å². The number of carbonyl (C=O) groups excluding carboxylic acids is 2. The molecule has 1 atom stereocenters. The maximum atomic E-state index is 12.7. The number of fused-ring (bicyclic) bond motifs is 1. The number of para-hydroxylation sites is 1. The lowest BCUT2D eigenvalue weighted by Crippen LogP contribution is -2.38. The molecule has 30 heavy (non-hydrogen) atoms. The molecular formula is C19H17F3N2O5S. The predicted octanol–water partition coefficient (Wildman–Crippen LogP) is 3.12. The van der Waals surface area contributed by atoms with Gasteiger partial charge < -0.3 is 15.0 Å². The molecule has 0 fully saturated rings. The normalized spacial score (nSPS) is 18.3. The first kappa shape index (κ1) is 21.6. The minimum absolute atomic E-state index is 0.0372. The van der Waals surface area contributed by atoms with E-state index in [1.165, 1.54) is 37.3 Å². The van der Waals surface area contributed by atoms with Crippen LogP contribution in [0.5, 0.6) is 5.75 Å². The first-order valence-corrected chi connectivity index (χ1v) is 10.3. The van der Waals surface area contributed by atoms with Crippen LogP contribution in [0.3, 0.4) is 0 Å². The molecule has 1 N–H and O–H groups in total. The Bertz CT molecular complexity index is 1070. The minimum Gasteiger partial charge on any atom is -0.406 e. The fourth-order valence-corrected chi connectivity index (χ4v) is 4.53. The Kier molecular flexibility index (Phi) is 5.75. The number of halogens is 3. The van der Waals surface area contributed by atoms with E-state index < -0.39 is 45.6 Å². The lowest BCUT2D eigenvalue weighted by Gasteiger charge is -2.22. The Labute approximate surface area is 170 Å². The Morgan fingerprint density at radius 2 is 1.80 bits per heavy atom. The summed E-state index contributed by atoms with van der Waals surface area (Å²) in [6.07, 6.45) is -5.11. The van der Waals surface area contributed by atoms with E-state index in [4.69, 9.17) is 0 Å². The van der Waals surface area contributed by atoms with Crippen LogP contribution in [0.2, 0.25) is 0 Å². The second-order valence-electron chi connectivity index (χ2n) is 6.63. The van der Waals surface area contributed by atoms with Gasteiger partial charge in [0.2, 0.25) is 11.8 Å². The van der Waals surface area contributed by atoms with Crippen molar-refractivity contribution in [1.82, 2.24) is 0 Å². The van der Waals surface area contributed by atoms with Crippen molar-refractivity contribution in [3.05, 3.63) is 48.5 Å². The van der Waals surface area contributed by atoms with Crippen LogP contribution in [0.15, 0.2) is 53.4 Å². The number of carbonyl (C=O) groups is 2. The number of sulfone groups is 1. The maximum absolute atomic E-state index is 12.7. The summed E-state index contributed by atoms with van der Waals surface area (Å²) in [4.78, 5) is 26.1. The van der Waals surface area contributed by atoms with Crippen molar-refractivity contribution in [3.63, 3.8) is 0 Å². The second kappa shape index (κ2) is 7.98. The SMILES string of the molecule is CC1CC(=O)N(CC(=O)Nc2ccc(OC(F)(F)F)cc2)c2ccccc2S1(=O)=O. The van der Waals surface area contributed by atoms with Gasteiger partial charge in [-0.15, -0.1) is 13.2 Å². The van der Waals surface area contributed by atoms with E-state index >= 15 is 0 Å². The molecule has 3 rings (SSSR count). The van der Waals surface area contributed by atoms with Gasteiger partial charge in [0.15, 0.2) is 9.84 Å². The number of nitrogens with one attached hydrogen (secondary N) is 1. The van der Waals surface area contributed by atoms with Crippen molar-refractivity contribution in [2.24, 2.45) is 0 Å². The molecule has 0 spiro atoms. The van der Waals surface area contributed by atoms with Crippen molar-refractivity contribution >= 4 is 33.0 Å². The highest BCUT2D eigenvalue weighted by atomic mass is 32.2. The van der Waals surface area contributed by atoms with Crippen LogP contribution < -0.4 is 15.0 Å². The van der Waals surface area contributed by atoms with Gasteiger partial charge in [-0.25, -0.2) is 8.42 Å². The molecule has 2 aromatic rings. The van der Waals surface area contributed by atoms with Crippen molar-refractivity contribution in [3.8, 4) is 5.75 Å². The summed E-state index contributed by atoms with van der Waals surface area (Å²) in [6, 6.07) is 10.4. The van der Waals surface area contributed by atoms with Crippen LogP contribution in [0.4, 0.5) is 24.5 Å². The molecule has 0 radical (unpaired) electrons. The molecule has 1 unspecified atom stereocenters. The van der Waals surface area contributed by atoms with Gasteiger partial charge in [0.1, 0.15) is 12.3 Å². The second-order valence-corrected chi connectivity index (χ2v) is 8.96. The number of hydrogen-bond acceptors (Lipinski definition) is 5. The summed E-state index contributed by atoms with van der Waals surface area (Å²) >= 11 is 0. The molecule has 0 aromatic heterocycles. The molecule has 2 aromatic carbocycles. The van der Waals surface area contributed by atoms with Crippen LogP contribution in [0, 0.1) is 0 Å². The number of hydrogen-bond donors (Lipinski definition) is 1. The highest BCUT2D eigenvalue weighted by Gasteiger charge is 2.36. The van der Waals surface area contributed by atoms with Crippen LogP contribution in [-0.2, 0) is 19.4 Å². The summed E-state index contributed by atoms with van der Waals surface area (Å²) < 4.78 is 65.7. The molecular weight excluding hydrogens is 425 g/mol. The van der Waals surface area contributed by atoms with Gasteiger partial charge in [0, 0.05) is 12.1 Å². The van der Waals surface area contributed by atoms with Crippen LogP contribution >= 0.6 is 0 Å². The molecule has 1 aliphatic heterocycles. The minimum atomic E-state index is -4.83. The van der Waals surface area contributed by atoms with E-state index in [1.54, 1.807) is 6.07 Å². The van der Waals surface area contributed by atoms with Gasteiger partial charge in [-0.3, -0.25) is 9.59 Å². The zero-order valence-corrected chi connectivity index (χ0v) is 16.5. The number of benzene rings is 2. The van der Waals surface area contributed by atoms with Crippen molar-refractivity contribution in [2.75, 3.05) is 16.8 Å². The fourth-order valence-electron chi connectivity index (χ4n) is 3.00. The summed E-state index contributed by atoms with van der Waals surface area (Å²) in [5, 5.41) is 1.52. The molecule has 0 bridgehead atoms. The highest BCUT2D eigenvalue weighted by Crippen LogP contribution is 2.33. The third kappa shape index (κ3) is 4.73. The zero-order chi connectivity index (χ0) is 22.1. The van der Waals surface area contributed by atoms with Gasteiger partial charge in [0.05, 0.1) is 15.8 Å². The summed E-state index contributed by atoms with van der Waals surface area (Å²) in [7, 11) is -3.74. The van der Waals surface area contributed by atoms with Gasteiger partial charge in [0.25, 0.3) is 0 Å². The molecule has 1 heterocycles. The third-order valence-electron chi connectivity index (χ3n) is 4.43. The first-order chi connectivity index (χ1) is 14.0. The molecule has 0 aliphatic carbocycles. The molecule has 160 valence electrons. The highest BCUT2D eigenvalue weighted by molar-refractivity contribution is 7.92. The van der Waals surface area contributed by atoms with E-state index in [1.807, 2.05) is 0 Å². The Balaban J connectivity index is 1.78. The zero-order valence-electron chi connectivity index (χ0n) is 15.6. The van der Waals surface area contributed by atoms with Crippen LogP contribution in [0.25, 0.3) is 0 Å². The average molecular weight is 442 g/mol. The number of alkyl halides is 3. The predicted molar refractivity (Wildman–Crippen MR) is 102 cm³/mol. The molecule has 0 saturated carbocycles. The quantitative estimate of drug-likeness (QED) is 0.786. The number of rotatable bonds is 4. The molecule has 7 nitrogen and oxygen atoms in total. The van der Waals surface area contributed by atoms with Gasteiger partial charge >= 0.3 is 6.36 Å². The number of ether oxygens (including phenoxy) is 1. The van der Waals surface area contributed by atoms with Crippen molar-refractivity contribution < 1.29 is 35.9 Å². The Morgan fingerprint density at radius 3 is 2.43 bits per heavy atom. The average Bonchev–Trinajstić information content (AvgIpc) is 2.72. The largest absolute Gasteiger partial charge is 0.573 e. The molecule has 11 heteroatoms. The van der Waals surface area contributed by atoms with Crippen LogP contribution in [-0.4, -0.2) is 38.4 Å². The fraction of sp³-hybridized carbons (Fsp3) is 0.263. The van der Waals surface area contributed by atoms with E-state index in [2.05, 4.69) is 10.1 Å². The lowest BCUT2D eigenvalue weighted by molar-refractivity contribution is -0.274. The Hall–Kier alpha value is -3.08. The smallest absolute Gasteiger partial charge is 0.406 e. The lowest BCUT2D eigenvalue weighted by atomic mass is 10.2. The first-order valence-electron chi connectivity index (χ1n) is 8.76. The van der Waals surface area contributed by atoms with E-state index in [0.29, 0.717) is 0 Å². The topological polar surface area (TPSA) is 92.8 Å². The number of nitrogens with zero attached hydrogens (tertiary/aromatic N) is 1. The van der Waals surface area contributed by atoms with Crippen molar-refractivity contribution in [1.29, 1.82) is 0 Å². The number of anilines is 2. The molecule has 0 saturated heterocycles. The summed E-state index contributed by atoms with van der Waals surface area (Å²) in [5.74, 6) is -1.62. The van der Waals surface area contributed by atoms with Gasteiger partial charge in [-0.05, 0) is 43.3 Å². The monoisotopic (exact) mass is 442 g/mol. The number of amides is 2. The van der Waals surface area contributed by atoms with Gasteiger partial charge in [-0.2, -0.15) is 0 Å². The van der Waals surface area contributed by atoms with E-state index in [0.717, 1.165) is 17.0 Å². The van der Waals surface area contributed by atoms with E-state index in [9.17, 15) is 31.2 Å². The Morgan fingerprint density at radius 1 is 1.17 bits per heavy atom. The standard InChI is InChI=1S/C19H17F3N2O5S/c1-12-10-18(26)24(15-4-2-3-5-16(15)30(12,27)28)11-17(25)23-13-6-8-14(9-7-13)29-19(20,21)22/h2-9,12H,10-11H2,1H3,(H,23,25).